The van der Waals surface area contributed by atoms with Gasteiger partial charge >= 0.3 is 0 Å². The molecule has 0 radical (unpaired) electrons. The molecule has 13 heavy (non-hydrogen) atoms. The quantitative estimate of drug-likeness (QED) is 0.526. The minimum atomic E-state index is 1.12. The Hall–Kier alpha value is -1.30. The van der Waals surface area contributed by atoms with E-state index in [1.165, 1.54) is 16.7 Å². The molecule has 0 N–H and O–H groups in total. The molecule has 0 aliphatic heterocycles. The predicted molar refractivity (Wildman–Crippen MR) is 59.0 cm³/mol. The summed E-state index contributed by atoms with van der Waals surface area (Å²) in [5.41, 5.74) is 4.38. The van der Waals surface area contributed by atoms with Gasteiger partial charge in [-0.3, -0.25) is 0 Å². The Bertz CT molecular complexity index is 308. The van der Waals surface area contributed by atoms with Crippen molar-refractivity contribution in [1.29, 1.82) is 0 Å². The van der Waals surface area contributed by atoms with Crippen LogP contribution < -0.4 is 0 Å². The molecule has 68 valence electrons. The molecule has 0 heterocycles. The zero-order valence-electron chi connectivity index (χ0n) is 8.22. The number of fused-ring (bicyclic) bond motifs is 1. The van der Waals surface area contributed by atoms with Gasteiger partial charge < -0.3 is 0 Å². The Morgan fingerprint density at radius 2 is 1.62 bits per heavy atom. The van der Waals surface area contributed by atoms with Crippen LogP contribution in [0.25, 0.3) is 0 Å². The Labute approximate surface area is 80.6 Å². The Morgan fingerprint density at radius 1 is 1.00 bits per heavy atom. The fourth-order valence-corrected chi connectivity index (χ4v) is 1.56. The summed E-state index contributed by atoms with van der Waals surface area (Å²) in [6.45, 7) is 8.15. The second kappa shape index (κ2) is 4.66. The van der Waals surface area contributed by atoms with Gasteiger partial charge in [-0.15, -0.1) is 13.2 Å². The van der Waals surface area contributed by atoms with E-state index in [0.29, 0.717) is 0 Å². The summed E-state index contributed by atoms with van der Waals surface area (Å²) in [5, 5.41) is 0. The predicted octanol–water partition coefficient (Wildman–Crippen LogP) is 3.45. The number of rotatable bonds is 0. The number of hydrogen-bond donors (Lipinski definition) is 0. The molecule has 0 heteroatoms. The summed E-state index contributed by atoms with van der Waals surface area (Å²) in [4.78, 5) is 0. The van der Waals surface area contributed by atoms with Crippen molar-refractivity contribution in [3.8, 4) is 0 Å². The maximum absolute atomic E-state index is 3.00. The van der Waals surface area contributed by atoms with Crippen molar-refractivity contribution < 1.29 is 0 Å². The van der Waals surface area contributed by atoms with Crippen molar-refractivity contribution in [2.45, 2.75) is 19.8 Å². The first kappa shape index (κ1) is 9.79. The van der Waals surface area contributed by atoms with E-state index in [1.807, 2.05) is 0 Å². The van der Waals surface area contributed by atoms with Gasteiger partial charge in [-0.25, -0.2) is 0 Å². The number of benzene rings is 1. The summed E-state index contributed by atoms with van der Waals surface area (Å²) >= 11 is 0. The zero-order valence-corrected chi connectivity index (χ0v) is 8.22. The highest BCUT2D eigenvalue weighted by Gasteiger charge is 2.02. The third-order valence-corrected chi connectivity index (χ3v) is 2.20. The highest BCUT2D eigenvalue weighted by atomic mass is 14.1. The third-order valence-electron chi connectivity index (χ3n) is 2.20. The van der Waals surface area contributed by atoms with Gasteiger partial charge in [-0.1, -0.05) is 35.9 Å². The van der Waals surface area contributed by atoms with Crippen molar-refractivity contribution in [1.82, 2.24) is 0 Å². The molecule has 0 unspecified atom stereocenters. The van der Waals surface area contributed by atoms with Gasteiger partial charge in [0.1, 0.15) is 0 Å². The van der Waals surface area contributed by atoms with Gasteiger partial charge in [0.15, 0.2) is 0 Å². The summed E-state index contributed by atoms with van der Waals surface area (Å²) in [5.74, 6) is 0. The molecule has 0 nitrogen and oxygen atoms in total. The molecular weight excluding hydrogens is 156 g/mol. The second-order valence-electron chi connectivity index (χ2n) is 3.15. The molecule has 1 aromatic rings. The Balaban J connectivity index is 0.000000396. The molecule has 0 amide bonds. The second-order valence-corrected chi connectivity index (χ2v) is 3.15. The fourth-order valence-electron chi connectivity index (χ4n) is 1.56. The number of aryl methyl sites for hydroxylation is 1. The van der Waals surface area contributed by atoms with Gasteiger partial charge in [0, 0.05) is 0 Å². The smallest absolute Gasteiger partial charge is 0.00944 e. The molecule has 0 aromatic heterocycles. The lowest BCUT2D eigenvalue weighted by Gasteiger charge is -2.10. The monoisotopic (exact) mass is 172 g/mol. The standard InChI is InChI=1S/C11H12.C2H4/c1-9-6-7-10-4-2-3-5-11(10)8-9;1-2/h2-3,6-8H,4-5H2,1H3;1-2H2. The summed E-state index contributed by atoms with van der Waals surface area (Å²) in [7, 11) is 0. The molecular formula is C13H16. The molecule has 0 saturated heterocycles. The van der Waals surface area contributed by atoms with Crippen LogP contribution in [0.3, 0.4) is 0 Å². The van der Waals surface area contributed by atoms with Crippen molar-refractivity contribution in [3.63, 3.8) is 0 Å². The first-order valence-electron chi connectivity index (χ1n) is 4.59. The largest absolute Gasteiger partial charge is 0.106 e. The highest BCUT2D eigenvalue weighted by Crippen LogP contribution is 2.17. The molecule has 1 aromatic carbocycles. The topological polar surface area (TPSA) is 0 Å². The van der Waals surface area contributed by atoms with Gasteiger partial charge in [0.2, 0.25) is 0 Å². The first-order valence-corrected chi connectivity index (χ1v) is 4.59. The maximum Gasteiger partial charge on any atom is -0.00944 e. The van der Waals surface area contributed by atoms with Crippen LogP contribution in [0.5, 0.6) is 0 Å². The SMILES string of the molecule is C=C.Cc1ccc2c(c1)CC=CC2. The lowest BCUT2D eigenvalue weighted by Crippen LogP contribution is -1.96. The number of allylic oxidation sites excluding steroid dienone is 2. The van der Waals surface area contributed by atoms with Crippen LogP contribution in [0.4, 0.5) is 0 Å². The van der Waals surface area contributed by atoms with Crippen LogP contribution in [-0.4, -0.2) is 0 Å². The van der Waals surface area contributed by atoms with Gasteiger partial charge in [0.25, 0.3) is 0 Å². The molecule has 0 atom stereocenters. The number of hydrogen-bond acceptors (Lipinski definition) is 0. The highest BCUT2D eigenvalue weighted by molar-refractivity contribution is 5.36. The van der Waals surface area contributed by atoms with E-state index in [9.17, 15) is 0 Å². The molecule has 0 saturated carbocycles. The minimum Gasteiger partial charge on any atom is -0.106 e. The van der Waals surface area contributed by atoms with Crippen LogP contribution >= 0.6 is 0 Å². The van der Waals surface area contributed by atoms with E-state index in [-0.39, 0.29) is 0 Å². The van der Waals surface area contributed by atoms with Crippen LogP contribution in [-0.2, 0) is 12.8 Å². The van der Waals surface area contributed by atoms with Gasteiger partial charge in [0.05, 0.1) is 0 Å². The van der Waals surface area contributed by atoms with Crippen LogP contribution in [0, 0.1) is 6.92 Å². The zero-order chi connectivity index (χ0) is 9.68. The van der Waals surface area contributed by atoms with E-state index >= 15 is 0 Å². The third kappa shape index (κ3) is 2.32. The molecule has 1 aliphatic rings. The molecule has 0 spiro atoms. The van der Waals surface area contributed by atoms with Crippen molar-refractivity contribution >= 4 is 0 Å². The van der Waals surface area contributed by atoms with E-state index in [0.717, 1.165) is 12.8 Å². The average molecular weight is 172 g/mol. The van der Waals surface area contributed by atoms with Crippen LogP contribution in [0.2, 0.25) is 0 Å². The molecule has 1 aliphatic carbocycles. The normalized spacial score (nSPS) is 12.7. The van der Waals surface area contributed by atoms with E-state index in [1.54, 1.807) is 0 Å². The lowest BCUT2D eigenvalue weighted by molar-refractivity contribution is 1.08. The summed E-state index contributed by atoms with van der Waals surface area (Å²) < 4.78 is 0. The van der Waals surface area contributed by atoms with Gasteiger partial charge in [-0.05, 0) is 30.9 Å². The molecule has 0 fully saturated rings. The van der Waals surface area contributed by atoms with Gasteiger partial charge in [-0.2, -0.15) is 0 Å². The molecule has 2 rings (SSSR count). The lowest BCUT2D eigenvalue weighted by atomic mass is 9.95. The first-order chi connectivity index (χ1) is 6.36. The maximum atomic E-state index is 3.00. The van der Waals surface area contributed by atoms with E-state index in [2.05, 4.69) is 50.4 Å². The Morgan fingerprint density at radius 3 is 2.31 bits per heavy atom. The average Bonchev–Trinajstić information content (AvgIpc) is 2.21. The molecule has 0 bridgehead atoms. The van der Waals surface area contributed by atoms with Crippen molar-refractivity contribution in [2.75, 3.05) is 0 Å². The summed E-state index contributed by atoms with van der Waals surface area (Å²) in [6, 6.07) is 6.73. The van der Waals surface area contributed by atoms with E-state index in [4.69, 9.17) is 0 Å². The minimum absolute atomic E-state index is 1.12. The Kier molecular flexibility index (Phi) is 3.51. The van der Waals surface area contributed by atoms with Crippen LogP contribution in [0.1, 0.15) is 16.7 Å². The summed E-state index contributed by atoms with van der Waals surface area (Å²) in [6.07, 6.45) is 6.74. The fraction of sp³-hybridized carbons (Fsp3) is 0.231. The van der Waals surface area contributed by atoms with Crippen LogP contribution in [0.15, 0.2) is 43.5 Å². The van der Waals surface area contributed by atoms with E-state index < -0.39 is 0 Å². The van der Waals surface area contributed by atoms with Crippen molar-refractivity contribution in [2.24, 2.45) is 0 Å². The van der Waals surface area contributed by atoms with Crippen molar-refractivity contribution in [3.05, 3.63) is 60.2 Å².